The summed E-state index contributed by atoms with van der Waals surface area (Å²) in [5.74, 6) is 0.709. The Hall–Kier alpha value is 0.0500. The van der Waals surface area contributed by atoms with Gasteiger partial charge in [-0.3, -0.25) is 0 Å². The maximum absolute atomic E-state index is 8.08. The first-order valence-electron chi connectivity index (χ1n) is 1.78. The van der Waals surface area contributed by atoms with Crippen LogP contribution in [0.3, 0.4) is 0 Å². The van der Waals surface area contributed by atoms with E-state index >= 15 is 0 Å². The van der Waals surface area contributed by atoms with Gasteiger partial charge >= 0.3 is 0 Å². The Morgan fingerprint density at radius 1 is 1.50 bits per heavy atom. The normalized spacial score (nSPS) is 10.3. The van der Waals surface area contributed by atoms with Gasteiger partial charge < -0.3 is 5.11 Å². The van der Waals surface area contributed by atoms with E-state index in [1.54, 1.807) is 12.2 Å². The molecule has 2 heteroatoms. The molecule has 0 aromatic carbocycles. The number of rotatable bonds is 2. The summed E-state index contributed by atoms with van der Waals surface area (Å²) in [6.45, 7) is 0.126. The standard InChI is InChI=1S/C4H8OS/c5-3-1-2-4-6/h1-2,5-6H,3-4H2/b2-1+. The molecule has 0 rings (SSSR count). The number of aliphatic hydroxyl groups excluding tert-OH is 1. The average Bonchev–Trinajstić information content (AvgIpc) is 1.61. The van der Waals surface area contributed by atoms with Crippen molar-refractivity contribution in [1.82, 2.24) is 0 Å². The van der Waals surface area contributed by atoms with Crippen molar-refractivity contribution in [1.29, 1.82) is 0 Å². The molecule has 0 saturated heterocycles. The van der Waals surface area contributed by atoms with Crippen LogP contribution in [0.25, 0.3) is 0 Å². The lowest BCUT2D eigenvalue weighted by Gasteiger charge is -1.72. The Morgan fingerprint density at radius 2 is 2.17 bits per heavy atom. The minimum Gasteiger partial charge on any atom is -0.392 e. The van der Waals surface area contributed by atoms with Crippen LogP contribution in [0.5, 0.6) is 0 Å². The summed E-state index contributed by atoms with van der Waals surface area (Å²) in [5.41, 5.74) is 0. The second kappa shape index (κ2) is 5.05. The van der Waals surface area contributed by atoms with Gasteiger partial charge in [-0.2, -0.15) is 12.6 Å². The van der Waals surface area contributed by atoms with Gasteiger partial charge in [0.1, 0.15) is 0 Å². The van der Waals surface area contributed by atoms with Crippen LogP contribution < -0.4 is 0 Å². The second-order valence-corrected chi connectivity index (χ2v) is 1.20. The number of thiol groups is 1. The highest BCUT2D eigenvalue weighted by Crippen LogP contribution is 1.73. The maximum atomic E-state index is 8.08. The van der Waals surface area contributed by atoms with Crippen molar-refractivity contribution < 1.29 is 5.11 Å². The Labute approximate surface area is 43.1 Å². The van der Waals surface area contributed by atoms with Gasteiger partial charge in [-0.25, -0.2) is 0 Å². The highest BCUT2D eigenvalue weighted by Gasteiger charge is 1.61. The van der Waals surface area contributed by atoms with Gasteiger partial charge in [-0.05, 0) is 0 Å². The van der Waals surface area contributed by atoms with Crippen LogP contribution in [-0.4, -0.2) is 17.5 Å². The molecule has 0 aliphatic rings. The van der Waals surface area contributed by atoms with Crippen LogP contribution in [0.15, 0.2) is 12.2 Å². The molecule has 0 saturated carbocycles. The first kappa shape index (κ1) is 6.05. The molecule has 0 spiro atoms. The van der Waals surface area contributed by atoms with Gasteiger partial charge in [0.15, 0.2) is 0 Å². The minimum atomic E-state index is 0.126. The van der Waals surface area contributed by atoms with Crippen LogP contribution >= 0.6 is 12.6 Å². The van der Waals surface area contributed by atoms with E-state index in [-0.39, 0.29) is 6.61 Å². The fourth-order valence-corrected chi connectivity index (χ4v) is 0.298. The van der Waals surface area contributed by atoms with Crippen LogP contribution in [0.2, 0.25) is 0 Å². The van der Waals surface area contributed by atoms with E-state index in [0.717, 1.165) is 0 Å². The lowest BCUT2D eigenvalue weighted by atomic mass is 10.6. The summed E-state index contributed by atoms with van der Waals surface area (Å²) in [6, 6.07) is 0. The van der Waals surface area contributed by atoms with Gasteiger partial charge in [0.2, 0.25) is 0 Å². The Kier molecular flexibility index (Phi) is 5.09. The summed E-state index contributed by atoms with van der Waals surface area (Å²) >= 11 is 3.86. The first-order valence-corrected chi connectivity index (χ1v) is 2.41. The molecule has 0 aliphatic heterocycles. The SMILES string of the molecule is OC/C=C/CS. The molecule has 0 amide bonds. The molecule has 6 heavy (non-hydrogen) atoms. The smallest absolute Gasteiger partial charge is 0.0612 e. The zero-order valence-electron chi connectivity index (χ0n) is 3.46. The van der Waals surface area contributed by atoms with Crippen LogP contribution in [0, 0.1) is 0 Å². The summed E-state index contributed by atoms with van der Waals surface area (Å²) in [6.07, 6.45) is 3.45. The minimum absolute atomic E-state index is 0.126. The molecule has 36 valence electrons. The van der Waals surface area contributed by atoms with Gasteiger partial charge in [0.25, 0.3) is 0 Å². The van der Waals surface area contributed by atoms with E-state index in [9.17, 15) is 0 Å². The number of hydrogen-bond acceptors (Lipinski definition) is 2. The van der Waals surface area contributed by atoms with Gasteiger partial charge in [0.05, 0.1) is 6.61 Å². The third-order valence-electron chi connectivity index (χ3n) is 0.377. The maximum Gasteiger partial charge on any atom is 0.0612 e. The van der Waals surface area contributed by atoms with Crippen molar-refractivity contribution in [3.8, 4) is 0 Å². The van der Waals surface area contributed by atoms with Gasteiger partial charge in [-0.15, -0.1) is 0 Å². The third kappa shape index (κ3) is 4.05. The zero-order valence-corrected chi connectivity index (χ0v) is 4.36. The summed E-state index contributed by atoms with van der Waals surface area (Å²) in [7, 11) is 0. The Morgan fingerprint density at radius 3 is 2.33 bits per heavy atom. The molecule has 0 aromatic heterocycles. The van der Waals surface area contributed by atoms with Crippen molar-refractivity contribution in [3.05, 3.63) is 12.2 Å². The fourth-order valence-electron chi connectivity index (χ4n) is 0.149. The summed E-state index contributed by atoms with van der Waals surface area (Å²) in [4.78, 5) is 0. The van der Waals surface area contributed by atoms with Crippen LogP contribution in [-0.2, 0) is 0 Å². The van der Waals surface area contributed by atoms with E-state index in [2.05, 4.69) is 12.6 Å². The highest BCUT2D eigenvalue weighted by atomic mass is 32.1. The zero-order chi connectivity index (χ0) is 4.83. The van der Waals surface area contributed by atoms with E-state index < -0.39 is 0 Å². The molecule has 0 radical (unpaired) electrons. The second-order valence-electron chi connectivity index (χ2n) is 0.837. The van der Waals surface area contributed by atoms with E-state index in [1.165, 1.54) is 0 Å². The number of aliphatic hydroxyl groups is 1. The molecule has 0 heterocycles. The highest BCUT2D eigenvalue weighted by molar-refractivity contribution is 7.80. The molecule has 0 unspecified atom stereocenters. The molecule has 0 aliphatic carbocycles. The third-order valence-corrected chi connectivity index (χ3v) is 0.588. The molecular weight excluding hydrogens is 96.1 g/mol. The Bertz CT molecular complexity index is 36.8. The molecule has 0 bridgehead atoms. The predicted octanol–water partition coefficient (Wildman–Crippen LogP) is 0.465. The molecule has 0 aromatic rings. The van der Waals surface area contributed by atoms with E-state index in [1.807, 2.05) is 0 Å². The summed E-state index contributed by atoms with van der Waals surface area (Å²) in [5, 5.41) is 8.08. The predicted molar refractivity (Wildman–Crippen MR) is 30.1 cm³/mol. The first-order chi connectivity index (χ1) is 2.91. The molecular formula is C4H8OS. The topological polar surface area (TPSA) is 20.2 Å². The fraction of sp³-hybridized carbons (Fsp3) is 0.500. The van der Waals surface area contributed by atoms with Crippen LogP contribution in [0.1, 0.15) is 0 Å². The molecule has 0 atom stereocenters. The van der Waals surface area contributed by atoms with E-state index in [0.29, 0.717) is 5.75 Å². The van der Waals surface area contributed by atoms with Crippen molar-refractivity contribution in [2.75, 3.05) is 12.4 Å². The van der Waals surface area contributed by atoms with Crippen LogP contribution in [0.4, 0.5) is 0 Å². The average molecular weight is 104 g/mol. The van der Waals surface area contributed by atoms with Gasteiger partial charge in [0, 0.05) is 5.75 Å². The summed E-state index contributed by atoms with van der Waals surface area (Å²) < 4.78 is 0. The van der Waals surface area contributed by atoms with Crippen molar-refractivity contribution in [3.63, 3.8) is 0 Å². The Balaban J connectivity index is 2.73. The lowest BCUT2D eigenvalue weighted by Crippen LogP contribution is -1.69. The monoisotopic (exact) mass is 104 g/mol. The molecule has 1 N–H and O–H groups in total. The quantitative estimate of drug-likeness (QED) is 0.385. The lowest BCUT2D eigenvalue weighted by molar-refractivity contribution is 0.342. The number of hydrogen-bond donors (Lipinski definition) is 2. The van der Waals surface area contributed by atoms with Gasteiger partial charge in [-0.1, -0.05) is 12.2 Å². The molecule has 0 fully saturated rings. The van der Waals surface area contributed by atoms with Crippen molar-refractivity contribution in [2.45, 2.75) is 0 Å². The molecule has 1 nitrogen and oxygen atoms in total. The van der Waals surface area contributed by atoms with Crippen molar-refractivity contribution in [2.24, 2.45) is 0 Å². The largest absolute Gasteiger partial charge is 0.392 e. The van der Waals surface area contributed by atoms with E-state index in [4.69, 9.17) is 5.11 Å². The van der Waals surface area contributed by atoms with Crippen molar-refractivity contribution >= 4 is 12.6 Å².